The smallest absolute Gasteiger partial charge is 0.0367 e. The van der Waals surface area contributed by atoms with E-state index >= 15 is 0 Å². The summed E-state index contributed by atoms with van der Waals surface area (Å²) in [6, 6.07) is 9.21. The fraction of sp³-hybridized carbons (Fsp3) is 0.538. The molecular formula is C13H18N2. The van der Waals surface area contributed by atoms with Crippen LogP contribution in [0.2, 0.25) is 0 Å². The van der Waals surface area contributed by atoms with Gasteiger partial charge in [0, 0.05) is 31.9 Å². The van der Waals surface area contributed by atoms with E-state index in [2.05, 4.69) is 34.5 Å². The molecule has 0 bridgehead atoms. The Bertz CT molecular complexity index is 321. The Balaban J connectivity index is 1.73. The molecule has 0 radical (unpaired) electrons. The molecule has 0 aromatic heterocycles. The predicted octanol–water partition coefficient (Wildman–Crippen LogP) is 1.97. The zero-order valence-electron chi connectivity index (χ0n) is 9.08. The minimum atomic E-state index is 0.877. The maximum atomic E-state index is 3.38. The molecule has 2 nitrogen and oxygen atoms in total. The summed E-state index contributed by atoms with van der Waals surface area (Å²) >= 11 is 0. The van der Waals surface area contributed by atoms with Crippen molar-refractivity contribution in [3.63, 3.8) is 0 Å². The molecule has 1 saturated heterocycles. The van der Waals surface area contributed by atoms with Gasteiger partial charge in [0.05, 0.1) is 0 Å². The van der Waals surface area contributed by atoms with Crippen molar-refractivity contribution in [1.29, 1.82) is 0 Å². The Hall–Kier alpha value is -1.02. The van der Waals surface area contributed by atoms with Crippen molar-refractivity contribution in [2.24, 2.45) is 0 Å². The highest BCUT2D eigenvalue weighted by Gasteiger charge is 2.23. The van der Waals surface area contributed by atoms with Crippen LogP contribution in [0.3, 0.4) is 0 Å². The number of benzene rings is 1. The van der Waals surface area contributed by atoms with Crippen LogP contribution in [0.15, 0.2) is 24.3 Å². The molecule has 1 heterocycles. The summed E-state index contributed by atoms with van der Waals surface area (Å²) in [5.41, 5.74) is 2.93. The number of nitrogens with zero attached hydrogens (tertiary/aromatic N) is 1. The first-order valence-corrected chi connectivity index (χ1v) is 5.99. The van der Waals surface area contributed by atoms with Crippen LogP contribution in [0.5, 0.6) is 0 Å². The maximum Gasteiger partial charge on any atom is 0.0367 e. The fourth-order valence-corrected chi connectivity index (χ4v) is 2.30. The molecule has 0 spiro atoms. The van der Waals surface area contributed by atoms with Crippen molar-refractivity contribution >= 4 is 5.69 Å². The van der Waals surface area contributed by atoms with Crippen LogP contribution in [-0.2, 0) is 0 Å². The second kappa shape index (κ2) is 3.86. The summed E-state index contributed by atoms with van der Waals surface area (Å²) in [5.74, 6) is 0.877. The number of piperazine rings is 1. The Morgan fingerprint density at radius 3 is 2.27 bits per heavy atom. The first kappa shape index (κ1) is 9.22. The van der Waals surface area contributed by atoms with E-state index in [1.54, 1.807) is 0 Å². The Labute approximate surface area is 91.3 Å². The van der Waals surface area contributed by atoms with Crippen LogP contribution < -0.4 is 10.2 Å². The van der Waals surface area contributed by atoms with Gasteiger partial charge in [0.25, 0.3) is 0 Å². The summed E-state index contributed by atoms with van der Waals surface area (Å²) in [7, 11) is 0. The summed E-state index contributed by atoms with van der Waals surface area (Å²) < 4.78 is 0. The van der Waals surface area contributed by atoms with Crippen LogP contribution in [0, 0.1) is 0 Å². The molecule has 2 heteroatoms. The van der Waals surface area contributed by atoms with Gasteiger partial charge < -0.3 is 10.2 Å². The molecule has 1 saturated carbocycles. The van der Waals surface area contributed by atoms with Gasteiger partial charge in [-0.2, -0.15) is 0 Å². The lowest BCUT2D eigenvalue weighted by Gasteiger charge is -2.29. The summed E-state index contributed by atoms with van der Waals surface area (Å²) in [4.78, 5) is 2.47. The third-order valence-corrected chi connectivity index (χ3v) is 3.42. The van der Waals surface area contributed by atoms with Gasteiger partial charge in [-0.1, -0.05) is 12.1 Å². The van der Waals surface area contributed by atoms with E-state index in [9.17, 15) is 0 Å². The lowest BCUT2D eigenvalue weighted by atomic mass is 10.1. The van der Waals surface area contributed by atoms with Gasteiger partial charge in [0.1, 0.15) is 0 Å². The minimum Gasteiger partial charge on any atom is -0.369 e. The molecule has 2 aliphatic rings. The van der Waals surface area contributed by atoms with E-state index in [-0.39, 0.29) is 0 Å². The van der Waals surface area contributed by atoms with Crippen LogP contribution >= 0.6 is 0 Å². The molecule has 0 atom stereocenters. The minimum absolute atomic E-state index is 0.877. The van der Waals surface area contributed by atoms with Gasteiger partial charge in [-0.25, -0.2) is 0 Å². The van der Waals surface area contributed by atoms with Crippen molar-refractivity contribution in [3.8, 4) is 0 Å². The molecule has 1 aromatic carbocycles. The summed E-state index contributed by atoms with van der Waals surface area (Å²) in [5, 5.41) is 3.38. The normalized spacial score (nSPS) is 21.7. The highest BCUT2D eigenvalue weighted by atomic mass is 15.2. The average molecular weight is 202 g/mol. The average Bonchev–Trinajstić information content (AvgIpc) is 3.15. The van der Waals surface area contributed by atoms with E-state index in [0.29, 0.717) is 0 Å². The van der Waals surface area contributed by atoms with Crippen molar-refractivity contribution < 1.29 is 0 Å². The zero-order chi connectivity index (χ0) is 10.1. The number of hydrogen-bond donors (Lipinski definition) is 1. The number of nitrogens with one attached hydrogen (secondary N) is 1. The first-order chi connectivity index (χ1) is 7.43. The van der Waals surface area contributed by atoms with E-state index in [1.807, 2.05) is 0 Å². The van der Waals surface area contributed by atoms with Gasteiger partial charge in [0.2, 0.25) is 0 Å². The number of anilines is 1. The SMILES string of the molecule is c1cc(N2CCNCC2)ccc1C1CC1. The largest absolute Gasteiger partial charge is 0.369 e. The number of hydrogen-bond acceptors (Lipinski definition) is 2. The molecular weight excluding hydrogens is 184 g/mol. The van der Waals surface area contributed by atoms with Crippen molar-refractivity contribution in [3.05, 3.63) is 29.8 Å². The summed E-state index contributed by atoms with van der Waals surface area (Å²) in [6.45, 7) is 4.51. The molecule has 15 heavy (non-hydrogen) atoms. The first-order valence-electron chi connectivity index (χ1n) is 5.99. The highest BCUT2D eigenvalue weighted by molar-refractivity contribution is 5.49. The van der Waals surface area contributed by atoms with Crippen molar-refractivity contribution in [1.82, 2.24) is 5.32 Å². The van der Waals surface area contributed by atoms with E-state index in [1.165, 1.54) is 24.1 Å². The van der Waals surface area contributed by atoms with Gasteiger partial charge in [-0.3, -0.25) is 0 Å². The Morgan fingerprint density at radius 2 is 1.67 bits per heavy atom. The van der Waals surface area contributed by atoms with Gasteiger partial charge in [0.15, 0.2) is 0 Å². The standard InChI is InChI=1S/C13H18N2/c1-2-11(1)12-3-5-13(6-4-12)15-9-7-14-8-10-15/h3-6,11,14H,1-2,7-10H2. The van der Waals surface area contributed by atoms with Crippen molar-refractivity contribution in [2.75, 3.05) is 31.1 Å². The van der Waals surface area contributed by atoms with Crippen LogP contribution in [0.4, 0.5) is 5.69 Å². The van der Waals surface area contributed by atoms with Gasteiger partial charge in [-0.15, -0.1) is 0 Å². The molecule has 0 amide bonds. The molecule has 2 fully saturated rings. The lowest BCUT2D eigenvalue weighted by Crippen LogP contribution is -2.43. The van der Waals surface area contributed by atoms with Crippen LogP contribution in [0.1, 0.15) is 24.3 Å². The second-order valence-electron chi connectivity index (χ2n) is 4.60. The van der Waals surface area contributed by atoms with Gasteiger partial charge >= 0.3 is 0 Å². The molecule has 1 aliphatic carbocycles. The monoisotopic (exact) mass is 202 g/mol. The van der Waals surface area contributed by atoms with Crippen LogP contribution in [0.25, 0.3) is 0 Å². The van der Waals surface area contributed by atoms with E-state index in [0.717, 1.165) is 32.1 Å². The quantitative estimate of drug-likeness (QED) is 0.789. The Morgan fingerprint density at radius 1 is 1.00 bits per heavy atom. The molecule has 3 rings (SSSR count). The summed E-state index contributed by atoms with van der Waals surface area (Å²) in [6.07, 6.45) is 2.79. The second-order valence-corrected chi connectivity index (χ2v) is 4.60. The molecule has 1 N–H and O–H groups in total. The van der Waals surface area contributed by atoms with E-state index in [4.69, 9.17) is 0 Å². The number of rotatable bonds is 2. The van der Waals surface area contributed by atoms with Crippen LogP contribution in [-0.4, -0.2) is 26.2 Å². The highest BCUT2D eigenvalue weighted by Crippen LogP contribution is 2.40. The van der Waals surface area contributed by atoms with Crippen molar-refractivity contribution in [2.45, 2.75) is 18.8 Å². The topological polar surface area (TPSA) is 15.3 Å². The third-order valence-electron chi connectivity index (χ3n) is 3.42. The predicted molar refractivity (Wildman–Crippen MR) is 63.5 cm³/mol. The lowest BCUT2D eigenvalue weighted by molar-refractivity contribution is 0.589. The molecule has 80 valence electrons. The Kier molecular flexibility index (Phi) is 2.37. The molecule has 0 unspecified atom stereocenters. The fourth-order valence-electron chi connectivity index (χ4n) is 2.30. The molecule has 1 aromatic rings. The van der Waals surface area contributed by atoms with E-state index < -0.39 is 0 Å². The third kappa shape index (κ3) is 2.00. The maximum absolute atomic E-state index is 3.38. The zero-order valence-corrected chi connectivity index (χ0v) is 9.08. The molecule has 1 aliphatic heterocycles. The van der Waals surface area contributed by atoms with Gasteiger partial charge in [-0.05, 0) is 36.5 Å².